The summed E-state index contributed by atoms with van der Waals surface area (Å²) in [7, 11) is 0. The van der Waals surface area contributed by atoms with Gasteiger partial charge in [0.2, 0.25) is 0 Å². The van der Waals surface area contributed by atoms with Crippen molar-refractivity contribution in [2.45, 2.75) is 26.8 Å². The molecule has 0 fully saturated rings. The largest absolute Gasteiger partial charge is 0.311 e. The van der Waals surface area contributed by atoms with Crippen molar-refractivity contribution in [1.29, 1.82) is 0 Å². The molecule has 1 aromatic carbocycles. The molecule has 17 heavy (non-hydrogen) atoms. The van der Waals surface area contributed by atoms with Gasteiger partial charge in [-0.25, -0.2) is 4.98 Å². The lowest BCUT2D eigenvalue weighted by Gasteiger charge is -2.01. The first kappa shape index (κ1) is 10.9. The maximum absolute atomic E-state index is 4.77. The van der Waals surface area contributed by atoms with Crippen LogP contribution in [0.1, 0.15) is 27.9 Å². The van der Waals surface area contributed by atoms with Crippen molar-refractivity contribution >= 4 is 11.3 Å². The summed E-state index contributed by atoms with van der Waals surface area (Å²) in [6.07, 6.45) is 1.06. The Balaban J connectivity index is 1.97. The molecule has 0 aliphatic heterocycles. The molecule has 0 bridgehead atoms. The van der Waals surface area contributed by atoms with Crippen molar-refractivity contribution in [2.24, 2.45) is 0 Å². The third-order valence-corrected chi connectivity index (χ3v) is 4.19. The van der Waals surface area contributed by atoms with Crippen LogP contribution in [0.4, 0.5) is 0 Å². The molecule has 1 heterocycles. The van der Waals surface area contributed by atoms with Crippen LogP contribution in [0.25, 0.3) is 11.3 Å². The zero-order valence-corrected chi connectivity index (χ0v) is 11.0. The number of hydrogen-bond acceptors (Lipinski definition) is 3. The lowest BCUT2D eigenvalue weighted by Crippen LogP contribution is -2.11. The number of aromatic nitrogens is 1. The molecule has 0 atom stereocenters. The lowest BCUT2D eigenvalue weighted by molar-refractivity contribution is 0.723. The molecule has 0 unspecified atom stereocenters. The highest BCUT2D eigenvalue weighted by molar-refractivity contribution is 7.12. The topological polar surface area (TPSA) is 24.9 Å². The number of rotatable bonds is 3. The Labute approximate surface area is 106 Å². The second kappa shape index (κ2) is 4.24. The normalized spacial score (nSPS) is 12.6. The smallest absolute Gasteiger partial charge is 0.107 e. The number of nitrogens with zero attached hydrogens (tertiary/aromatic N) is 1. The standard InChI is InChI=1S/C14H16N2S/c1-3-15-8-13-16-14-11-6-9(2)4-5-10(11)7-12(14)17-13/h4-6,15H,3,7-8H2,1-2H3. The van der Waals surface area contributed by atoms with E-state index in [4.69, 9.17) is 4.98 Å². The Kier molecular flexibility index (Phi) is 2.73. The molecule has 0 saturated heterocycles. The van der Waals surface area contributed by atoms with Gasteiger partial charge in [-0.05, 0) is 25.1 Å². The molecule has 1 N–H and O–H groups in total. The minimum Gasteiger partial charge on any atom is -0.311 e. The fraction of sp³-hybridized carbons (Fsp3) is 0.357. The van der Waals surface area contributed by atoms with Crippen molar-refractivity contribution in [3.8, 4) is 11.3 Å². The molecular formula is C14H16N2S. The Morgan fingerprint density at radius 2 is 2.29 bits per heavy atom. The molecule has 2 nitrogen and oxygen atoms in total. The number of thiazole rings is 1. The summed E-state index contributed by atoms with van der Waals surface area (Å²) in [5.41, 5.74) is 5.32. The quantitative estimate of drug-likeness (QED) is 0.765. The zero-order chi connectivity index (χ0) is 11.8. The first-order valence-electron chi connectivity index (χ1n) is 6.07. The molecule has 0 spiro atoms. The van der Waals surface area contributed by atoms with Crippen molar-refractivity contribution in [2.75, 3.05) is 6.54 Å². The van der Waals surface area contributed by atoms with E-state index in [1.54, 1.807) is 0 Å². The fourth-order valence-corrected chi connectivity index (χ4v) is 3.35. The van der Waals surface area contributed by atoms with Crippen LogP contribution in [0.15, 0.2) is 18.2 Å². The van der Waals surface area contributed by atoms with Gasteiger partial charge in [-0.1, -0.05) is 24.6 Å². The molecule has 3 heteroatoms. The summed E-state index contributed by atoms with van der Waals surface area (Å²) in [5, 5.41) is 4.55. The van der Waals surface area contributed by atoms with Gasteiger partial charge in [-0.15, -0.1) is 11.3 Å². The maximum Gasteiger partial charge on any atom is 0.107 e. The average Bonchev–Trinajstić information content (AvgIpc) is 2.84. The Bertz CT molecular complexity index is 557. The predicted molar refractivity (Wildman–Crippen MR) is 72.5 cm³/mol. The summed E-state index contributed by atoms with van der Waals surface area (Å²) < 4.78 is 0. The lowest BCUT2D eigenvalue weighted by atomic mass is 10.1. The van der Waals surface area contributed by atoms with Gasteiger partial charge < -0.3 is 5.32 Å². The highest BCUT2D eigenvalue weighted by atomic mass is 32.1. The van der Waals surface area contributed by atoms with Gasteiger partial charge in [0.05, 0.1) is 5.69 Å². The molecule has 1 aliphatic carbocycles. The summed E-state index contributed by atoms with van der Waals surface area (Å²) >= 11 is 1.85. The zero-order valence-electron chi connectivity index (χ0n) is 10.2. The molecule has 0 saturated carbocycles. The van der Waals surface area contributed by atoms with E-state index in [1.807, 2.05) is 11.3 Å². The van der Waals surface area contributed by atoms with Crippen LogP contribution in [0.2, 0.25) is 0 Å². The number of hydrogen-bond donors (Lipinski definition) is 1. The highest BCUT2D eigenvalue weighted by Gasteiger charge is 2.22. The van der Waals surface area contributed by atoms with E-state index in [9.17, 15) is 0 Å². The molecule has 0 radical (unpaired) electrons. The first-order valence-corrected chi connectivity index (χ1v) is 6.88. The van der Waals surface area contributed by atoms with Crippen LogP contribution in [0, 0.1) is 6.92 Å². The molecule has 2 aromatic rings. The summed E-state index contributed by atoms with van der Waals surface area (Å²) in [5.74, 6) is 0. The molecule has 1 aliphatic rings. The molecule has 3 rings (SSSR count). The monoisotopic (exact) mass is 244 g/mol. The van der Waals surface area contributed by atoms with Crippen molar-refractivity contribution in [3.05, 3.63) is 39.2 Å². The molecule has 88 valence electrons. The average molecular weight is 244 g/mol. The van der Waals surface area contributed by atoms with Crippen LogP contribution in [-0.4, -0.2) is 11.5 Å². The Morgan fingerprint density at radius 1 is 1.41 bits per heavy atom. The van der Waals surface area contributed by atoms with Crippen LogP contribution in [0.3, 0.4) is 0 Å². The second-order valence-electron chi connectivity index (χ2n) is 4.50. The third-order valence-electron chi connectivity index (χ3n) is 3.14. The van der Waals surface area contributed by atoms with Crippen molar-refractivity contribution < 1.29 is 0 Å². The van der Waals surface area contributed by atoms with E-state index in [-0.39, 0.29) is 0 Å². The van der Waals surface area contributed by atoms with Crippen LogP contribution < -0.4 is 5.32 Å². The summed E-state index contributed by atoms with van der Waals surface area (Å²) in [4.78, 5) is 6.20. The third kappa shape index (κ3) is 1.90. The molecule has 0 amide bonds. The van der Waals surface area contributed by atoms with Gasteiger partial charge in [-0.3, -0.25) is 0 Å². The SMILES string of the molecule is CCNCc1nc2c(s1)Cc1ccc(C)cc1-2. The highest BCUT2D eigenvalue weighted by Crippen LogP contribution is 2.39. The van der Waals surface area contributed by atoms with Crippen molar-refractivity contribution in [1.82, 2.24) is 10.3 Å². The minimum absolute atomic E-state index is 0.898. The fourth-order valence-electron chi connectivity index (χ4n) is 2.28. The van der Waals surface area contributed by atoms with Crippen LogP contribution >= 0.6 is 11.3 Å². The Morgan fingerprint density at radius 3 is 3.12 bits per heavy atom. The number of nitrogens with one attached hydrogen (secondary N) is 1. The number of benzene rings is 1. The van der Waals surface area contributed by atoms with Gasteiger partial charge in [0.15, 0.2) is 0 Å². The van der Waals surface area contributed by atoms with E-state index in [0.717, 1.165) is 19.5 Å². The maximum atomic E-state index is 4.77. The summed E-state index contributed by atoms with van der Waals surface area (Å²) in [6.45, 7) is 6.17. The Hall–Kier alpha value is -1.19. The van der Waals surface area contributed by atoms with E-state index in [0.29, 0.717) is 0 Å². The van der Waals surface area contributed by atoms with E-state index >= 15 is 0 Å². The van der Waals surface area contributed by atoms with Gasteiger partial charge in [0.25, 0.3) is 0 Å². The molecule has 1 aromatic heterocycles. The van der Waals surface area contributed by atoms with Gasteiger partial charge in [-0.2, -0.15) is 0 Å². The van der Waals surface area contributed by atoms with E-state index in [2.05, 4.69) is 37.4 Å². The van der Waals surface area contributed by atoms with Gasteiger partial charge in [0, 0.05) is 23.4 Å². The second-order valence-corrected chi connectivity index (χ2v) is 5.67. The van der Waals surface area contributed by atoms with Crippen LogP contribution in [-0.2, 0) is 13.0 Å². The van der Waals surface area contributed by atoms with Crippen molar-refractivity contribution in [3.63, 3.8) is 0 Å². The van der Waals surface area contributed by atoms with Gasteiger partial charge in [0.1, 0.15) is 5.01 Å². The number of fused-ring (bicyclic) bond motifs is 3. The van der Waals surface area contributed by atoms with Gasteiger partial charge >= 0.3 is 0 Å². The molecular weight excluding hydrogens is 228 g/mol. The first-order chi connectivity index (χ1) is 8.28. The van der Waals surface area contributed by atoms with E-state index in [1.165, 1.54) is 32.3 Å². The number of aryl methyl sites for hydroxylation is 1. The van der Waals surface area contributed by atoms with E-state index < -0.39 is 0 Å². The predicted octanol–water partition coefficient (Wildman–Crippen LogP) is 3.13. The minimum atomic E-state index is 0.898. The summed E-state index contributed by atoms with van der Waals surface area (Å²) in [6, 6.07) is 6.69. The van der Waals surface area contributed by atoms with Crippen LogP contribution in [0.5, 0.6) is 0 Å².